The Hall–Kier alpha value is -2.24. The third-order valence-corrected chi connectivity index (χ3v) is 7.20. The minimum atomic E-state index is -3.78. The number of nitrogens with one attached hydrogen (secondary N) is 2. The molecule has 1 fully saturated rings. The van der Waals surface area contributed by atoms with Crippen molar-refractivity contribution in [1.82, 2.24) is 24.4 Å². The van der Waals surface area contributed by atoms with Crippen molar-refractivity contribution < 1.29 is 17.9 Å². The Kier molecular flexibility index (Phi) is 6.39. The Bertz CT molecular complexity index is 1050. The van der Waals surface area contributed by atoms with Crippen molar-refractivity contribution in [3.63, 3.8) is 0 Å². The van der Waals surface area contributed by atoms with Gasteiger partial charge in [-0.2, -0.15) is 9.40 Å². The second-order valence-corrected chi connectivity index (χ2v) is 8.98. The zero-order chi connectivity index (χ0) is 21.2. The molecule has 1 aromatic carbocycles. The topological polar surface area (TPSA) is 109 Å². The number of methoxy groups -OCH3 is 1. The molecule has 2 aromatic rings. The summed E-state index contributed by atoms with van der Waals surface area (Å²) in [6.45, 7) is 4.35. The SMILES string of the molecule is CCN(CC)S(=O)(=O)c1cc(C(=O)NCc2n[nH]c(=S)n2C2CC2)ccc1OC. The molecule has 0 bridgehead atoms. The number of carbonyl (C=O) groups excluding carboxylic acids is 1. The van der Waals surface area contributed by atoms with E-state index in [-0.39, 0.29) is 22.8 Å². The van der Waals surface area contributed by atoms with E-state index in [1.165, 1.54) is 29.6 Å². The van der Waals surface area contributed by atoms with E-state index in [9.17, 15) is 13.2 Å². The maximum absolute atomic E-state index is 12.9. The lowest BCUT2D eigenvalue weighted by Gasteiger charge is -2.20. The van der Waals surface area contributed by atoms with Crippen LogP contribution in [0.2, 0.25) is 0 Å². The largest absolute Gasteiger partial charge is 0.495 e. The van der Waals surface area contributed by atoms with Gasteiger partial charge in [-0.1, -0.05) is 13.8 Å². The standard InChI is InChI=1S/C18H25N5O4S2/c1-4-22(5-2)29(25,26)15-10-12(6-9-14(15)27-3)17(24)19-11-16-20-21-18(28)23(16)13-7-8-13/h6,9-10,13H,4-5,7-8,11H2,1-3H3,(H,19,24)(H,21,28). The Balaban J connectivity index is 1.84. The van der Waals surface area contributed by atoms with Crippen LogP contribution in [0, 0.1) is 4.77 Å². The maximum atomic E-state index is 12.9. The number of hydrogen-bond acceptors (Lipinski definition) is 6. The summed E-state index contributed by atoms with van der Waals surface area (Å²) in [5.74, 6) is 0.443. The van der Waals surface area contributed by atoms with Crippen LogP contribution >= 0.6 is 12.2 Å². The van der Waals surface area contributed by atoms with Crippen molar-refractivity contribution in [3.05, 3.63) is 34.4 Å². The smallest absolute Gasteiger partial charge is 0.251 e. The van der Waals surface area contributed by atoms with Crippen molar-refractivity contribution >= 4 is 28.1 Å². The first kappa shape index (κ1) is 21.5. The Morgan fingerprint density at radius 1 is 1.38 bits per heavy atom. The van der Waals surface area contributed by atoms with Crippen LogP contribution in [-0.4, -0.2) is 53.6 Å². The van der Waals surface area contributed by atoms with Crippen LogP contribution in [0.3, 0.4) is 0 Å². The van der Waals surface area contributed by atoms with Gasteiger partial charge in [0.1, 0.15) is 10.6 Å². The maximum Gasteiger partial charge on any atom is 0.251 e. The predicted octanol–water partition coefficient (Wildman–Crippen LogP) is 2.24. The number of carbonyl (C=O) groups is 1. The molecule has 1 amide bonds. The second-order valence-electron chi connectivity index (χ2n) is 6.68. The molecule has 0 spiro atoms. The van der Waals surface area contributed by atoms with Crippen LogP contribution in [-0.2, 0) is 16.6 Å². The molecule has 3 rings (SSSR count). The highest BCUT2D eigenvalue weighted by molar-refractivity contribution is 7.89. The number of nitrogens with zero attached hydrogens (tertiary/aromatic N) is 3. The summed E-state index contributed by atoms with van der Waals surface area (Å²) in [5, 5.41) is 9.72. The first-order valence-corrected chi connectivity index (χ1v) is 11.3. The first-order valence-electron chi connectivity index (χ1n) is 9.45. The van der Waals surface area contributed by atoms with Gasteiger partial charge in [-0.05, 0) is 43.3 Å². The second kappa shape index (κ2) is 8.64. The number of H-pyrrole nitrogens is 1. The number of aromatic amines is 1. The van der Waals surface area contributed by atoms with Gasteiger partial charge in [0, 0.05) is 24.7 Å². The van der Waals surface area contributed by atoms with E-state index in [1.807, 2.05) is 4.57 Å². The van der Waals surface area contributed by atoms with Gasteiger partial charge in [0.05, 0.1) is 13.7 Å². The van der Waals surface area contributed by atoms with Crippen molar-refractivity contribution in [2.45, 2.75) is 44.2 Å². The number of amides is 1. The average molecular weight is 440 g/mol. The molecule has 1 heterocycles. The minimum Gasteiger partial charge on any atom is -0.495 e. The quantitative estimate of drug-likeness (QED) is 0.580. The van der Waals surface area contributed by atoms with Crippen LogP contribution in [0.4, 0.5) is 0 Å². The van der Waals surface area contributed by atoms with E-state index >= 15 is 0 Å². The summed E-state index contributed by atoms with van der Waals surface area (Å²) < 4.78 is 34.9. The molecule has 1 aliphatic rings. The molecule has 0 saturated heterocycles. The number of benzene rings is 1. The fourth-order valence-electron chi connectivity index (χ4n) is 3.15. The van der Waals surface area contributed by atoms with Crippen LogP contribution in [0.15, 0.2) is 23.1 Å². The van der Waals surface area contributed by atoms with Gasteiger partial charge in [0.25, 0.3) is 5.91 Å². The van der Waals surface area contributed by atoms with Crippen LogP contribution in [0.1, 0.15) is 48.9 Å². The lowest BCUT2D eigenvalue weighted by atomic mass is 10.2. The van der Waals surface area contributed by atoms with E-state index in [4.69, 9.17) is 17.0 Å². The van der Waals surface area contributed by atoms with Crippen molar-refractivity contribution in [1.29, 1.82) is 0 Å². The molecular weight excluding hydrogens is 414 g/mol. The van der Waals surface area contributed by atoms with E-state index in [1.54, 1.807) is 13.8 Å². The van der Waals surface area contributed by atoms with Crippen LogP contribution < -0.4 is 10.1 Å². The normalized spacial score (nSPS) is 14.2. The summed E-state index contributed by atoms with van der Waals surface area (Å²) in [6.07, 6.45) is 2.08. The zero-order valence-electron chi connectivity index (χ0n) is 16.6. The summed E-state index contributed by atoms with van der Waals surface area (Å²) in [7, 11) is -2.38. The molecule has 0 aliphatic heterocycles. The van der Waals surface area contributed by atoms with Crippen molar-refractivity contribution in [2.75, 3.05) is 20.2 Å². The number of rotatable bonds is 9. The fraction of sp³-hybridized carbons (Fsp3) is 0.500. The molecule has 0 unspecified atom stereocenters. The van der Waals surface area contributed by atoms with E-state index in [0.717, 1.165) is 12.8 Å². The molecule has 2 N–H and O–H groups in total. The molecule has 0 radical (unpaired) electrons. The lowest BCUT2D eigenvalue weighted by Crippen LogP contribution is -2.31. The molecule has 9 nitrogen and oxygen atoms in total. The predicted molar refractivity (Wildman–Crippen MR) is 110 cm³/mol. The van der Waals surface area contributed by atoms with Gasteiger partial charge < -0.3 is 10.1 Å². The number of sulfonamides is 1. The molecule has 11 heteroatoms. The Morgan fingerprint density at radius 3 is 2.66 bits per heavy atom. The molecule has 29 heavy (non-hydrogen) atoms. The van der Waals surface area contributed by atoms with Gasteiger partial charge in [-0.25, -0.2) is 8.42 Å². The molecule has 1 aromatic heterocycles. The average Bonchev–Trinajstić information content (AvgIpc) is 3.48. The summed E-state index contributed by atoms with van der Waals surface area (Å²) in [4.78, 5) is 12.6. The zero-order valence-corrected chi connectivity index (χ0v) is 18.3. The molecule has 0 atom stereocenters. The van der Waals surface area contributed by atoms with Crippen molar-refractivity contribution in [3.8, 4) is 5.75 Å². The number of aromatic nitrogens is 3. The minimum absolute atomic E-state index is 0.0305. The van der Waals surface area contributed by atoms with Gasteiger partial charge in [0.2, 0.25) is 10.0 Å². The van der Waals surface area contributed by atoms with E-state index in [2.05, 4.69) is 15.5 Å². The van der Waals surface area contributed by atoms with E-state index in [0.29, 0.717) is 29.7 Å². The molecule has 158 valence electrons. The summed E-state index contributed by atoms with van der Waals surface area (Å²) in [6, 6.07) is 4.71. The van der Waals surface area contributed by atoms with Gasteiger partial charge >= 0.3 is 0 Å². The van der Waals surface area contributed by atoms with Gasteiger partial charge in [-0.3, -0.25) is 14.5 Å². The number of ether oxygens (including phenoxy) is 1. The summed E-state index contributed by atoms with van der Waals surface area (Å²) in [5.41, 5.74) is 0.226. The van der Waals surface area contributed by atoms with Gasteiger partial charge in [0.15, 0.2) is 10.6 Å². The molecule has 1 saturated carbocycles. The highest BCUT2D eigenvalue weighted by atomic mass is 32.2. The monoisotopic (exact) mass is 439 g/mol. The molecular formula is C18H25N5O4S2. The number of hydrogen-bond donors (Lipinski definition) is 2. The third-order valence-electron chi connectivity index (χ3n) is 4.85. The van der Waals surface area contributed by atoms with Crippen LogP contribution in [0.5, 0.6) is 5.75 Å². The van der Waals surface area contributed by atoms with Crippen LogP contribution in [0.25, 0.3) is 0 Å². The van der Waals surface area contributed by atoms with Gasteiger partial charge in [-0.15, -0.1) is 0 Å². The Morgan fingerprint density at radius 2 is 2.07 bits per heavy atom. The highest BCUT2D eigenvalue weighted by Gasteiger charge is 2.28. The first-order chi connectivity index (χ1) is 13.8. The molecule has 1 aliphatic carbocycles. The lowest BCUT2D eigenvalue weighted by molar-refractivity contribution is 0.0949. The Labute approximate surface area is 175 Å². The fourth-order valence-corrected chi connectivity index (χ4v) is 5.09. The highest BCUT2D eigenvalue weighted by Crippen LogP contribution is 2.35. The third kappa shape index (κ3) is 4.36. The van der Waals surface area contributed by atoms with E-state index < -0.39 is 15.9 Å². The summed E-state index contributed by atoms with van der Waals surface area (Å²) >= 11 is 5.24. The van der Waals surface area contributed by atoms with Crippen molar-refractivity contribution in [2.24, 2.45) is 0 Å².